The van der Waals surface area contributed by atoms with E-state index in [0.717, 1.165) is 18.4 Å². The molecule has 2 N–H and O–H groups in total. The Morgan fingerprint density at radius 1 is 1.22 bits per heavy atom. The van der Waals surface area contributed by atoms with Crippen molar-refractivity contribution in [3.63, 3.8) is 0 Å². The Hall–Kier alpha value is -3.81. The number of piperidine rings is 1. The second kappa shape index (κ2) is 7.71. The molecule has 5 rings (SSSR count). The third-order valence-electron chi connectivity index (χ3n) is 6.22. The van der Waals surface area contributed by atoms with Gasteiger partial charge in [-0.05, 0) is 50.0 Å². The molecular formula is C24H22N4O4. The van der Waals surface area contributed by atoms with Gasteiger partial charge in [0, 0.05) is 18.0 Å². The predicted molar refractivity (Wildman–Crippen MR) is 118 cm³/mol. The average molecular weight is 430 g/mol. The number of nitrogens with zero attached hydrogens (tertiary/aromatic N) is 2. The molecule has 0 spiro atoms. The Morgan fingerprint density at radius 2 is 2.06 bits per heavy atom. The predicted octanol–water partition coefficient (Wildman–Crippen LogP) is 2.39. The molecule has 8 nitrogen and oxygen atoms in total. The summed E-state index contributed by atoms with van der Waals surface area (Å²) < 4.78 is 0. The highest BCUT2D eigenvalue weighted by Gasteiger charge is 2.41. The molecule has 2 atom stereocenters. The van der Waals surface area contributed by atoms with Gasteiger partial charge in [0.15, 0.2) is 0 Å². The van der Waals surface area contributed by atoms with Crippen LogP contribution in [0.3, 0.4) is 0 Å². The summed E-state index contributed by atoms with van der Waals surface area (Å²) >= 11 is 0. The zero-order valence-corrected chi connectivity index (χ0v) is 17.6. The van der Waals surface area contributed by atoms with Gasteiger partial charge in [0.05, 0.1) is 28.4 Å². The number of aromatic nitrogens is 1. The summed E-state index contributed by atoms with van der Waals surface area (Å²) in [5.74, 6) is -1.44. The molecule has 1 saturated heterocycles. The van der Waals surface area contributed by atoms with Crippen LogP contribution in [0.15, 0.2) is 48.2 Å². The lowest BCUT2D eigenvalue weighted by atomic mass is 10.00. The number of benzene rings is 1. The Bertz CT molecular complexity index is 1250. The number of hydrogen-bond acceptors (Lipinski definition) is 5. The van der Waals surface area contributed by atoms with Crippen molar-refractivity contribution < 1.29 is 19.2 Å². The maximum Gasteiger partial charge on any atom is 0.259 e. The van der Waals surface area contributed by atoms with Crippen LogP contribution >= 0.6 is 0 Å². The van der Waals surface area contributed by atoms with Gasteiger partial charge in [-0.2, -0.15) is 0 Å². The molecule has 32 heavy (non-hydrogen) atoms. The molecule has 2 unspecified atom stereocenters. The monoisotopic (exact) mass is 430 g/mol. The molecule has 2 aromatic rings. The van der Waals surface area contributed by atoms with Gasteiger partial charge in [0.2, 0.25) is 11.8 Å². The van der Waals surface area contributed by atoms with Crippen molar-refractivity contribution in [1.29, 1.82) is 0 Å². The van der Waals surface area contributed by atoms with Crippen molar-refractivity contribution in [3.05, 3.63) is 59.3 Å². The largest absolute Gasteiger partial charge is 0.345 e. The fraction of sp³-hybridized carbons (Fsp3) is 0.292. The number of carbonyl (C=O) groups excluding carboxylic acids is 4. The number of rotatable bonds is 4. The van der Waals surface area contributed by atoms with Crippen molar-refractivity contribution >= 4 is 40.2 Å². The van der Waals surface area contributed by atoms with Crippen LogP contribution in [-0.4, -0.2) is 40.7 Å². The molecule has 162 valence electrons. The normalized spacial score (nSPS) is 20.9. The van der Waals surface area contributed by atoms with Crippen molar-refractivity contribution in [2.24, 2.45) is 0 Å². The number of amides is 4. The van der Waals surface area contributed by atoms with Crippen molar-refractivity contribution in [3.8, 4) is 0 Å². The molecule has 1 aromatic carbocycles. The second-order valence-electron chi connectivity index (χ2n) is 8.24. The van der Waals surface area contributed by atoms with E-state index in [2.05, 4.69) is 27.8 Å². The smallest absolute Gasteiger partial charge is 0.259 e. The van der Waals surface area contributed by atoms with Gasteiger partial charge in [0.1, 0.15) is 6.04 Å². The molecular weight excluding hydrogens is 408 g/mol. The molecule has 4 amide bonds. The summed E-state index contributed by atoms with van der Waals surface area (Å²) in [6.07, 6.45) is 10.1. The van der Waals surface area contributed by atoms with Gasteiger partial charge in [-0.3, -0.25) is 34.4 Å². The maximum atomic E-state index is 13.2. The number of pyridine rings is 1. The minimum absolute atomic E-state index is 0.163. The van der Waals surface area contributed by atoms with Crippen molar-refractivity contribution in [2.45, 2.75) is 44.7 Å². The van der Waals surface area contributed by atoms with Crippen LogP contribution in [0.1, 0.15) is 53.3 Å². The standard InChI is InChI=1S/C24H22N4O4/c1-13(14-5-3-2-4-6-14)26-22(30)16-8-7-15-20-17(11-12-25-21(16)20)28(24(15)32)18-9-10-19(29)27-23(18)31/h3,5-8,11-13,18H,2,4,9-10H2,1H3,(H,26,30)(H,27,29,31). The van der Waals surface area contributed by atoms with Gasteiger partial charge in [-0.25, -0.2) is 0 Å². The van der Waals surface area contributed by atoms with Crippen LogP contribution in [0.25, 0.3) is 10.9 Å². The van der Waals surface area contributed by atoms with E-state index in [1.807, 2.05) is 13.0 Å². The van der Waals surface area contributed by atoms with Crippen molar-refractivity contribution in [1.82, 2.24) is 15.6 Å². The van der Waals surface area contributed by atoms with Crippen LogP contribution in [0.5, 0.6) is 0 Å². The van der Waals surface area contributed by atoms with E-state index in [1.54, 1.807) is 18.2 Å². The minimum atomic E-state index is -0.777. The average Bonchev–Trinajstić information content (AvgIpc) is 3.08. The molecule has 1 fully saturated rings. The first-order chi connectivity index (χ1) is 15.5. The fourth-order valence-corrected chi connectivity index (χ4v) is 4.60. The summed E-state index contributed by atoms with van der Waals surface area (Å²) in [5, 5.41) is 5.88. The lowest BCUT2D eigenvalue weighted by Gasteiger charge is -2.30. The van der Waals surface area contributed by atoms with Crippen LogP contribution in [-0.2, 0) is 9.59 Å². The number of hydrogen-bond donors (Lipinski definition) is 2. The van der Waals surface area contributed by atoms with E-state index in [0.29, 0.717) is 27.7 Å². The summed E-state index contributed by atoms with van der Waals surface area (Å²) in [4.78, 5) is 56.1. The van der Waals surface area contributed by atoms with E-state index < -0.39 is 11.9 Å². The Balaban J connectivity index is 1.50. The van der Waals surface area contributed by atoms with Gasteiger partial charge < -0.3 is 5.32 Å². The Kier molecular flexibility index (Phi) is 4.84. The van der Waals surface area contributed by atoms with Gasteiger partial charge in [0.25, 0.3) is 11.8 Å². The second-order valence-corrected chi connectivity index (χ2v) is 8.24. The summed E-state index contributed by atoms with van der Waals surface area (Å²) in [6.45, 7) is 1.93. The highest BCUT2D eigenvalue weighted by atomic mass is 16.2. The van der Waals surface area contributed by atoms with E-state index in [4.69, 9.17) is 0 Å². The highest BCUT2D eigenvalue weighted by molar-refractivity contribution is 6.28. The lowest BCUT2D eigenvalue weighted by molar-refractivity contribution is -0.134. The Morgan fingerprint density at radius 3 is 2.81 bits per heavy atom. The molecule has 0 bridgehead atoms. The van der Waals surface area contributed by atoms with Crippen LogP contribution in [0, 0.1) is 0 Å². The number of nitrogens with one attached hydrogen (secondary N) is 2. The zero-order valence-electron chi connectivity index (χ0n) is 17.6. The minimum Gasteiger partial charge on any atom is -0.345 e. The molecule has 3 heterocycles. The quantitative estimate of drug-likeness (QED) is 0.724. The third kappa shape index (κ3) is 3.19. The van der Waals surface area contributed by atoms with E-state index in [9.17, 15) is 19.2 Å². The van der Waals surface area contributed by atoms with Crippen LogP contribution in [0.2, 0.25) is 0 Å². The third-order valence-corrected chi connectivity index (χ3v) is 6.22. The van der Waals surface area contributed by atoms with E-state index in [1.165, 1.54) is 11.1 Å². The molecule has 0 radical (unpaired) electrons. The first-order valence-electron chi connectivity index (χ1n) is 10.7. The first kappa shape index (κ1) is 20.1. The topological polar surface area (TPSA) is 108 Å². The van der Waals surface area contributed by atoms with Crippen LogP contribution in [0.4, 0.5) is 5.69 Å². The molecule has 1 aliphatic carbocycles. The molecule has 8 heteroatoms. The SMILES string of the molecule is CC(NC(=O)c1ccc2c3c(ccnc13)N(C1CCC(=O)NC1=O)C2=O)C1=CCCC=C1. The van der Waals surface area contributed by atoms with Gasteiger partial charge in [-0.15, -0.1) is 0 Å². The number of anilines is 1. The van der Waals surface area contributed by atoms with E-state index in [-0.39, 0.29) is 36.6 Å². The van der Waals surface area contributed by atoms with Crippen molar-refractivity contribution in [2.75, 3.05) is 4.90 Å². The summed E-state index contributed by atoms with van der Waals surface area (Å²) in [6, 6.07) is 3.95. The summed E-state index contributed by atoms with van der Waals surface area (Å²) in [7, 11) is 0. The Labute approximate surface area is 184 Å². The first-order valence-corrected chi connectivity index (χ1v) is 10.7. The molecule has 3 aliphatic rings. The van der Waals surface area contributed by atoms with E-state index >= 15 is 0 Å². The molecule has 0 saturated carbocycles. The fourth-order valence-electron chi connectivity index (χ4n) is 4.60. The zero-order chi connectivity index (χ0) is 22.4. The van der Waals surface area contributed by atoms with Crippen LogP contribution < -0.4 is 15.5 Å². The molecule has 2 aliphatic heterocycles. The highest BCUT2D eigenvalue weighted by Crippen LogP contribution is 2.40. The number of allylic oxidation sites excluding steroid dienone is 2. The van der Waals surface area contributed by atoms with Gasteiger partial charge in [-0.1, -0.05) is 18.2 Å². The maximum absolute atomic E-state index is 13.2. The lowest BCUT2D eigenvalue weighted by Crippen LogP contribution is -2.53. The number of imide groups is 1. The van der Waals surface area contributed by atoms with Gasteiger partial charge >= 0.3 is 0 Å². The molecule has 1 aromatic heterocycles. The number of carbonyl (C=O) groups is 4. The summed E-state index contributed by atoms with van der Waals surface area (Å²) in [5.41, 5.74) is 2.78.